The summed E-state index contributed by atoms with van der Waals surface area (Å²) < 4.78 is 26.0. The number of benzene rings is 1. The van der Waals surface area contributed by atoms with Crippen LogP contribution in [0.25, 0.3) is 0 Å². The van der Waals surface area contributed by atoms with Crippen LogP contribution in [0.15, 0.2) is 18.2 Å². The van der Waals surface area contributed by atoms with Gasteiger partial charge in [-0.2, -0.15) is 0 Å². The third-order valence-electron chi connectivity index (χ3n) is 3.75. The van der Waals surface area contributed by atoms with Gasteiger partial charge in [-0.25, -0.2) is 8.78 Å². The SMILES string of the molecule is CCC(CC)N1C(=O)CC(Nc2ccc(F)c(F)c2)C1=O. The van der Waals surface area contributed by atoms with E-state index in [0.717, 1.165) is 12.1 Å². The number of nitrogens with one attached hydrogen (secondary N) is 1. The molecule has 1 aromatic carbocycles. The second kappa shape index (κ2) is 6.20. The minimum absolute atomic E-state index is 0.0360. The van der Waals surface area contributed by atoms with E-state index in [9.17, 15) is 18.4 Å². The number of imide groups is 1. The second-order valence-corrected chi connectivity index (χ2v) is 5.10. The zero-order valence-electron chi connectivity index (χ0n) is 12.0. The van der Waals surface area contributed by atoms with E-state index in [1.165, 1.54) is 11.0 Å². The molecule has 2 rings (SSSR count). The summed E-state index contributed by atoms with van der Waals surface area (Å²) in [4.78, 5) is 25.6. The number of carbonyl (C=O) groups excluding carboxylic acids is 2. The van der Waals surface area contributed by atoms with E-state index in [1.807, 2.05) is 13.8 Å². The molecule has 2 amide bonds. The number of rotatable bonds is 5. The van der Waals surface area contributed by atoms with E-state index in [2.05, 4.69) is 5.32 Å². The fraction of sp³-hybridized carbons (Fsp3) is 0.467. The van der Waals surface area contributed by atoms with Crippen molar-refractivity contribution in [2.45, 2.75) is 45.2 Å². The van der Waals surface area contributed by atoms with Gasteiger partial charge in [0.2, 0.25) is 5.91 Å². The maximum Gasteiger partial charge on any atom is 0.252 e. The molecule has 1 saturated heterocycles. The molecule has 1 unspecified atom stereocenters. The number of hydrogen-bond acceptors (Lipinski definition) is 3. The fourth-order valence-corrected chi connectivity index (χ4v) is 2.59. The molecule has 0 radical (unpaired) electrons. The molecule has 0 bridgehead atoms. The molecule has 0 aromatic heterocycles. The minimum atomic E-state index is -0.992. The maximum absolute atomic E-state index is 13.2. The molecule has 1 heterocycles. The Bertz CT molecular complexity index is 559. The lowest BCUT2D eigenvalue weighted by atomic mass is 10.1. The van der Waals surface area contributed by atoms with Gasteiger partial charge in [0.1, 0.15) is 6.04 Å². The van der Waals surface area contributed by atoms with Crippen LogP contribution in [0.3, 0.4) is 0 Å². The average molecular weight is 296 g/mol. The summed E-state index contributed by atoms with van der Waals surface area (Å²) in [6.45, 7) is 3.84. The normalized spacial score (nSPS) is 18.7. The second-order valence-electron chi connectivity index (χ2n) is 5.10. The van der Waals surface area contributed by atoms with Gasteiger partial charge >= 0.3 is 0 Å². The number of carbonyl (C=O) groups is 2. The van der Waals surface area contributed by atoms with Crippen molar-refractivity contribution in [1.82, 2.24) is 4.90 Å². The fourth-order valence-electron chi connectivity index (χ4n) is 2.59. The Labute approximate surface area is 122 Å². The zero-order chi connectivity index (χ0) is 15.6. The molecule has 4 nitrogen and oxygen atoms in total. The van der Waals surface area contributed by atoms with E-state index in [4.69, 9.17) is 0 Å². The zero-order valence-corrected chi connectivity index (χ0v) is 12.0. The van der Waals surface area contributed by atoms with Crippen molar-refractivity contribution in [3.63, 3.8) is 0 Å². The maximum atomic E-state index is 13.2. The first-order valence-electron chi connectivity index (χ1n) is 7.05. The molecule has 1 aromatic rings. The van der Waals surface area contributed by atoms with Crippen LogP contribution in [0.1, 0.15) is 33.1 Å². The molecular weight excluding hydrogens is 278 g/mol. The Hall–Kier alpha value is -1.98. The molecule has 1 N–H and O–H groups in total. The average Bonchev–Trinajstić information content (AvgIpc) is 2.72. The van der Waals surface area contributed by atoms with Gasteiger partial charge in [-0.05, 0) is 25.0 Å². The number of halogens is 2. The lowest BCUT2D eigenvalue weighted by Gasteiger charge is -2.24. The Balaban J connectivity index is 2.13. The largest absolute Gasteiger partial charge is 0.373 e. The summed E-state index contributed by atoms with van der Waals surface area (Å²) >= 11 is 0. The van der Waals surface area contributed by atoms with Crippen LogP contribution in [-0.2, 0) is 9.59 Å². The first-order chi connectivity index (χ1) is 9.97. The molecule has 1 atom stereocenters. The predicted octanol–water partition coefficient (Wildman–Crippen LogP) is 2.69. The summed E-state index contributed by atoms with van der Waals surface area (Å²) in [5.74, 6) is -2.48. The molecule has 1 aliphatic rings. The Morgan fingerprint density at radius 1 is 1.24 bits per heavy atom. The first kappa shape index (κ1) is 15.4. The lowest BCUT2D eigenvalue weighted by Crippen LogP contribution is -2.41. The van der Waals surface area contributed by atoms with Gasteiger partial charge in [0.05, 0.1) is 6.42 Å². The summed E-state index contributed by atoms with van der Waals surface area (Å²) in [5, 5.41) is 2.80. The predicted molar refractivity (Wildman–Crippen MR) is 74.6 cm³/mol. The molecule has 0 aliphatic carbocycles. The number of likely N-dealkylation sites (tertiary alicyclic amines) is 1. The smallest absolute Gasteiger partial charge is 0.252 e. The van der Waals surface area contributed by atoms with Crippen LogP contribution in [0.2, 0.25) is 0 Å². The summed E-state index contributed by atoms with van der Waals surface area (Å²) in [6, 6.07) is 2.48. The summed E-state index contributed by atoms with van der Waals surface area (Å²) in [7, 11) is 0. The summed E-state index contributed by atoms with van der Waals surface area (Å²) in [5.41, 5.74) is 0.284. The third kappa shape index (κ3) is 3.04. The van der Waals surface area contributed by atoms with Crippen LogP contribution < -0.4 is 5.32 Å². The van der Waals surface area contributed by atoms with Crippen LogP contribution in [0.5, 0.6) is 0 Å². The highest BCUT2D eigenvalue weighted by atomic mass is 19.2. The van der Waals surface area contributed by atoms with Crippen LogP contribution >= 0.6 is 0 Å². The van der Waals surface area contributed by atoms with Crippen LogP contribution in [0, 0.1) is 11.6 Å². The molecule has 1 aliphatic heterocycles. The van der Waals surface area contributed by atoms with Crippen molar-refractivity contribution in [1.29, 1.82) is 0 Å². The molecule has 21 heavy (non-hydrogen) atoms. The quantitative estimate of drug-likeness (QED) is 0.850. The van der Waals surface area contributed by atoms with Crippen LogP contribution in [0.4, 0.5) is 14.5 Å². The summed E-state index contributed by atoms with van der Waals surface area (Å²) in [6.07, 6.45) is 1.44. The van der Waals surface area contributed by atoms with Crippen molar-refractivity contribution in [2.24, 2.45) is 0 Å². The van der Waals surface area contributed by atoms with Gasteiger partial charge in [-0.3, -0.25) is 14.5 Å². The minimum Gasteiger partial charge on any atom is -0.373 e. The molecule has 0 saturated carbocycles. The van der Waals surface area contributed by atoms with E-state index in [-0.39, 0.29) is 30.0 Å². The van der Waals surface area contributed by atoms with Gasteiger partial charge in [0.25, 0.3) is 5.91 Å². The number of anilines is 1. The van der Waals surface area contributed by atoms with Gasteiger partial charge in [-0.15, -0.1) is 0 Å². The molecule has 6 heteroatoms. The number of amides is 2. The van der Waals surface area contributed by atoms with Gasteiger partial charge in [0, 0.05) is 17.8 Å². The molecule has 1 fully saturated rings. The van der Waals surface area contributed by atoms with Crippen LogP contribution in [-0.4, -0.2) is 28.8 Å². The number of nitrogens with zero attached hydrogens (tertiary/aromatic N) is 1. The van der Waals surface area contributed by atoms with E-state index in [0.29, 0.717) is 12.8 Å². The molecular formula is C15H18F2N2O2. The van der Waals surface area contributed by atoms with Crippen molar-refractivity contribution in [2.75, 3.05) is 5.32 Å². The first-order valence-corrected chi connectivity index (χ1v) is 7.05. The highest BCUT2D eigenvalue weighted by molar-refractivity contribution is 6.07. The van der Waals surface area contributed by atoms with Crippen molar-refractivity contribution < 1.29 is 18.4 Å². The Morgan fingerprint density at radius 2 is 1.90 bits per heavy atom. The number of hydrogen-bond donors (Lipinski definition) is 1. The van der Waals surface area contributed by atoms with Crippen molar-refractivity contribution in [3.05, 3.63) is 29.8 Å². The lowest BCUT2D eigenvalue weighted by molar-refractivity contribution is -0.141. The van der Waals surface area contributed by atoms with Gasteiger partial charge < -0.3 is 5.32 Å². The van der Waals surface area contributed by atoms with Crippen molar-refractivity contribution in [3.8, 4) is 0 Å². The van der Waals surface area contributed by atoms with Gasteiger partial charge in [-0.1, -0.05) is 13.8 Å². The third-order valence-corrected chi connectivity index (χ3v) is 3.75. The highest BCUT2D eigenvalue weighted by Crippen LogP contribution is 2.23. The van der Waals surface area contributed by atoms with Crippen molar-refractivity contribution >= 4 is 17.5 Å². The highest BCUT2D eigenvalue weighted by Gasteiger charge is 2.41. The monoisotopic (exact) mass is 296 g/mol. The molecule has 0 spiro atoms. The Kier molecular flexibility index (Phi) is 4.55. The molecule has 114 valence electrons. The Morgan fingerprint density at radius 3 is 2.48 bits per heavy atom. The topological polar surface area (TPSA) is 49.4 Å². The standard InChI is InChI=1S/C15H18F2N2O2/c1-3-10(4-2)19-14(20)8-13(15(19)21)18-9-5-6-11(16)12(17)7-9/h5-7,10,13,18H,3-4,8H2,1-2H3. The van der Waals surface area contributed by atoms with E-state index >= 15 is 0 Å². The van der Waals surface area contributed by atoms with E-state index < -0.39 is 17.7 Å². The van der Waals surface area contributed by atoms with Gasteiger partial charge in [0.15, 0.2) is 11.6 Å². The van der Waals surface area contributed by atoms with E-state index in [1.54, 1.807) is 0 Å².